The van der Waals surface area contributed by atoms with Crippen LogP contribution in [0.4, 0.5) is 5.69 Å². The summed E-state index contributed by atoms with van der Waals surface area (Å²) >= 11 is 0. The van der Waals surface area contributed by atoms with Crippen LogP contribution in [0.3, 0.4) is 0 Å². The van der Waals surface area contributed by atoms with Crippen LogP contribution in [0.25, 0.3) is 16.7 Å². The van der Waals surface area contributed by atoms with E-state index in [0.29, 0.717) is 17.7 Å². The first kappa shape index (κ1) is 22.3. The minimum absolute atomic E-state index is 0.160. The molecule has 0 heterocycles. The van der Waals surface area contributed by atoms with Crippen LogP contribution in [0.1, 0.15) is 54.6 Å². The van der Waals surface area contributed by atoms with Crippen LogP contribution in [0.15, 0.2) is 54.0 Å². The Morgan fingerprint density at radius 1 is 1.28 bits per heavy atom. The Morgan fingerprint density at radius 2 is 2.03 bits per heavy atom. The van der Waals surface area contributed by atoms with Crippen molar-refractivity contribution in [3.05, 3.63) is 70.6 Å². The molecule has 2 aromatic rings. The van der Waals surface area contributed by atoms with Gasteiger partial charge in [-0.2, -0.15) is 0 Å². The van der Waals surface area contributed by atoms with Crippen LogP contribution in [0, 0.1) is 5.92 Å². The molecule has 1 unspecified atom stereocenters. The zero-order valence-corrected chi connectivity index (χ0v) is 19.1. The first-order valence-electron chi connectivity index (χ1n) is 10.6. The molecule has 0 saturated heterocycles. The molecule has 2 aliphatic carbocycles. The molecule has 0 saturated carbocycles. The molecule has 0 aromatic heterocycles. The number of benzene rings is 2. The summed E-state index contributed by atoms with van der Waals surface area (Å²) in [5.74, 6) is -0.299. The van der Waals surface area contributed by atoms with Crippen molar-refractivity contribution in [1.82, 2.24) is 0 Å². The molecule has 7 heteroatoms. The molecule has 4 N–H and O–H groups in total. The van der Waals surface area contributed by atoms with E-state index >= 15 is 0 Å². The highest BCUT2D eigenvalue weighted by atomic mass is 32.2. The number of nitrogens with one attached hydrogen (secondary N) is 1. The maximum atomic E-state index is 12.2. The topological polar surface area (TPSA) is 109 Å². The molecule has 0 radical (unpaired) electrons. The quantitative estimate of drug-likeness (QED) is 0.610. The summed E-state index contributed by atoms with van der Waals surface area (Å²) in [5, 5.41) is 11.4. The number of hydrogen-bond donors (Lipinski definition) is 3. The van der Waals surface area contributed by atoms with Crippen molar-refractivity contribution in [3.63, 3.8) is 0 Å². The van der Waals surface area contributed by atoms with Crippen LogP contribution < -0.4 is 10.5 Å². The first-order valence-corrected chi connectivity index (χ1v) is 12.2. The molecule has 32 heavy (non-hydrogen) atoms. The van der Waals surface area contributed by atoms with Crippen LogP contribution in [-0.4, -0.2) is 25.0 Å². The highest BCUT2D eigenvalue weighted by molar-refractivity contribution is 7.95. The van der Waals surface area contributed by atoms with Gasteiger partial charge in [-0.25, -0.2) is 8.42 Å². The number of amides is 1. The van der Waals surface area contributed by atoms with Crippen LogP contribution in [0.2, 0.25) is 0 Å². The monoisotopic (exact) mass is 452 g/mol. The fraction of sp³-hybridized carbons (Fsp3) is 0.320. The zero-order chi connectivity index (χ0) is 23.3. The van der Waals surface area contributed by atoms with E-state index in [1.54, 1.807) is 24.3 Å². The van der Waals surface area contributed by atoms with Gasteiger partial charge < -0.3 is 10.8 Å². The molecule has 1 atom stereocenters. The van der Waals surface area contributed by atoms with Gasteiger partial charge in [0.1, 0.15) is 0 Å². The minimum Gasteiger partial charge on any atom is -0.390 e. The van der Waals surface area contributed by atoms with E-state index in [4.69, 9.17) is 5.73 Å². The second-order valence-corrected chi connectivity index (χ2v) is 10.8. The van der Waals surface area contributed by atoms with E-state index in [2.05, 4.69) is 11.3 Å². The third-order valence-electron chi connectivity index (χ3n) is 6.58. The normalized spacial score (nSPS) is 18.2. The Bertz CT molecular complexity index is 1250. The van der Waals surface area contributed by atoms with E-state index in [1.807, 2.05) is 26.0 Å². The van der Waals surface area contributed by atoms with E-state index in [9.17, 15) is 18.3 Å². The third kappa shape index (κ3) is 4.10. The van der Waals surface area contributed by atoms with Gasteiger partial charge >= 0.3 is 0 Å². The van der Waals surface area contributed by atoms with Gasteiger partial charge in [0.15, 0.2) is 0 Å². The van der Waals surface area contributed by atoms with Crippen molar-refractivity contribution < 1.29 is 18.3 Å². The minimum atomic E-state index is -3.62. The number of anilines is 1. The summed E-state index contributed by atoms with van der Waals surface area (Å²) in [5.41, 5.74) is 12.1. The molecule has 4 rings (SSSR count). The lowest BCUT2D eigenvalue weighted by Gasteiger charge is -2.33. The second-order valence-electron chi connectivity index (χ2n) is 9.13. The average molecular weight is 453 g/mol. The largest absolute Gasteiger partial charge is 0.390 e. The number of hydrogen-bond acceptors (Lipinski definition) is 4. The number of allylic oxidation sites excluding steroid dienone is 2. The molecular weight excluding hydrogens is 424 g/mol. The fourth-order valence-corrected chi connectivity index (χ4v) is 5.46. The Morgan fingerprint density at radius 3 is 2.69 bits per heavy atom. The van der Waals surface area contributed by atoms with Crippen molar-refractivity contribution in [1.29, 1.82) is 0 Å². The number of sulfonamides is 1. The average Bonchev–Trinajstić information content (AvgIpc) is 3.11. The molecule has 2 aliphatic rings. The molecular formula is C25H28N2O4S. The second kappa shape index (κ2) is 7.90. The summed E-state index contributed by atoms with van der Waals surface area (Å²) in [4.78, 5) is 12.2. The molecule has 6 nitrogen and oxygen atoms in total. The van der Waals surface area contributed by atoms with Crippen LogP contribution in [-0.2, 0) is 16.4 Å². The van der Waals surface area contributed by atoms with E-state index in [-0.39, 0.29) is 5.92 Å². The van der Waals surface area contributed by atoms with Gasteiger partial charge in [0.25, 0.3) is 10.0 Å². The molecule has 0 spiro atoms. The summed E-state index contributed by atoms with van der Waals surface area (Å²) in [6.45, 7) is 7.03. The van der Waals surface area contributed by atoms with Gasteiger partial charge in [0.2, 0.25) is 5.91 Å². The number of carbonyl (C=O) groups excluding carboxylic acids is 1. The number of carbonyl (C=O) groups is 1. The van der Waals surface area contributed by atoms with Gasteiger partial charge in [-0.15, -0.1) is 0 Å². The zero-order valence-electron chi connectivity index (χ0n) is 18.3. The number of fused-ring (bicyclic) bond motifs is 2. The SMILES string of the molecule is C=CS(=O)(=O)Nc1cccc(-c2ccc(C(N)=O)c3c2C2=C(C3)CC(C(C)(C)O)CC2)c1. The lowest BCUT2D eigenvalue weighted by molar-refractivity contribution is 0.0123. The number of aliphatic hydroxyl groups is 1. The van der Waals surface area contributed by atoms with E-state index < -0.39 is 21.5 Å². The van der Waals surface area contributed by atoms with Gasteiger partial charge in [0, 0.05) is 16.7 Å². The lowest BCUT2D eigenvalue weighted by Crippen LogP contribution is -2.32. The Labute approximate surface area is 188 Å². The third-order valence-corrected chi connectivity index (χ3v) is 7.54. The lowest BCUT2D eigenvalue weighted by atomic mass is 9.76. The van der Waals surface area contributed by atoms with Gasteiger partial charge in [-0.05, 0) is 91.5 Å². The van der Waals surface area contributed by atoms with Crippen molar-refractivity contribution in [2.24, 2.45) is 11.7 Å². The molecule has 2 aromatic carbocycles. The van der Waals surface area contributed by atoms with Gasteiger partial charge in [-0.3, -0.25) is 9.52 Å². The predicted molar refractivity (Wildman–Crippen MR) is 127 cm³/mol. The molecule has 0 aliphatic heterocycles. The summed E-state index contributed by atoms with van der Waals surface area (Å²) in [6.07, 6.45) is 3.10. The number of primary amides is 1. The first-order chi connectivity index (χ1) is 15.0. The predicted octanol–water partition coefficient (Wildman–Crippen LogP) is 4.22. The maximum absolute atomic E-state index is 12.2. The highest BCUT2D eigenvalue weighted by Crippen LogP contribution is 2.49. The van der Waals surface area contributed by atoms with Crippen molar-refractivity contribution in [3.8, 4) is 11.1 Å². The molecule has 168 valence electrons. The summed E-state index contributed by atoms with van der Waals surface area (Å²) < 4.78 is 26.3. The van der Waals surface area contributed by atoms with E-state index in [0.717, 1.165) is 46.9 Å². The van der Waals surface area contributed by atoms with Crippen LogP contribution in [0.5, 0.6) is 0 Å². The molecule has 0 fully saturated rings. The smallest absolute Gasteiger partial charge is 0.254 e. The fourth-order valence-electron chi connectivity index (χ4n) is 4.92. The van der Waals surface area contributed by atoms with Gasteiger partial charge in [-0.1, -0.05) is 30.4 Å². The number of nitrogens with two attached hydrogens (primary N) is 1. The van der Waals surface area contributed by atoms with Gasteiger partial charge in [0.05, 0.1) is 5.60 Å². The summed E-state index contributed by atoms with van der Waals surface area (Å²) in [6, 6.07) is 10.8. The van der Waals surface area contributed by atoms with E-state index in [1.165, 1.54) is 11.1 Å². The summed E-state index contributed by atoms with van der Waals surface area (Å²) in [7, 11) is -3.62. The Balaban J connectivity index is 1.82. The number of rotatable bonds is 6. The van der Waals surface area contributed by atoms with Crippen molar-refractivity contribution >= 4 is 27.2 Å². The highest BCUT2D eigenvalue weighted by Gasteiger charge is 2.37. The Kier molecular flexibility index (Phi) is 5.51. The van der Waals surface area contributed by atoms with Crippen molar-refractivity contribution in [2.45, 2.75) is 45.1 Å². The Hall–Kier alpha value is -2.90. The van der Waals surface area contributed by atoms with Crippen LogP contribution >= 0.6 is 0 Å². The maximum Gasteiger partial charge on any atom is 0.254 e. The molecule has 1 amide bonds. The van der Waals surface area contributed by atoms with Crippen molar-refractivity contribution in [2.75, 3.05) is 4.72 Å². The standard InChI is InChI=1S/C25H28N2O4S/c1-4-32(30,31)27-18-7-5-6-15(13-18)19-10-11-21(24(26)28)22-14-16-12-17(25(2,3)29)8-9-20(16)23(19)22/h4-7,10-11,13,17,27,29H,1,8-9,12,14H2,2-3H3,(H2,26,28). The molecule has 0 bridgehead atoms.